The van der Waals surface area contributed by atoms with Crippen molar-refractivity contribution >= 4 is 5.95 Å². The Morgan fingerprint density at radius 1 is 0.962 bits per heavy atom. The van der Waals surface area contributed by atoms with Crippen molar-refractivity contribution in [1.82, 2.24) is 19.8 Å². The average molecular weight is 360 g/mol. The van der Waals surface area contributed by atoms with E-state index < -0.39 is 0 Å². The van der Waals surface area contributed by atoms with Gasteiger partial charge < -0.3 is 10.1 Å². The van der Waals surface area contributed by atoms with E-state index in [9.17, 15) is 0 Å². The Kier molecular flexibility index (Phi) is 6.35. The summed E-state index contributed by atoms with van der Waals surface area (Å²) >= 11 is 0. The Morgan fingerprint density at radius 2 is 1.81 bits per heavy atom. The van der Waals surface area contributed by atoms with Crippen LogP contribution in [0.3, 0.4) is 0 Å². The largest absolute Gasteiger partial charge is 0.376 e. The van der Waals surface area contributed by atoms with Crippen LogP contribution in [-0.4, -0.2) is 71.2 Å². The molecule has 1 aliphatic carbocycles. The van der Waals surface area contributed by atoms with Gasteiger partial charge in [-0.25, -0.2) is 9.97 Å². The minimum atomic E-state index is 0.318. The van der Waals surface area contributed by atoms with Crippen molar-refractivity contribution in [3.8, 4) is 0 Å². The molecule has 1 atom stereocenters. The van der Waals surface area contributed by atoms with Crippen LogP contribution in [0.15, 0.2) is 12.4 Å². The van der Waals surface area contributed by atoms with Crippen LogP contribution < -0.4 is 5.32 Å². The predicted molar refractivity (Wildman–Crippen MR) is 103 cm³/mol. The summed E-state index contributed by atoms with van der Waals surface area (Å²) in [7, 11) is 0. The molecule has 3 heterocycles. The van der Waals surface area contributed by atoms with Crippen molar-refractivity contribution in [2.75, 3.05) is 44.6 Å². The van der Waals surface area contributed by atoms with Gasteiger partial charge in [-0.3, -0.25) is 9.80 Å². The Bertz CT molecular complexity index is 540. The fraction of sp³-hybridized carbons (Fsp3) is 0.800. The van der Waals surface area contributed by atoms with Crippen LogP contribution in [0, 0.1) is 0 Å². The van der Waals surface area contributed by atoms with Gasteiger partial charge in [0.05, 0.1) is 6.10 Å². The number of nitrogens with one attached hydrogen (secondary N) is 1. The molecule has 0 radical (unpaired) electrons. The smallest absolute Gasteiger partial charge is 0.222 e. The fourth-order valence-electron chi connectivity index (χ4n) is 4.58. The van der Waals surface area contributed by atoms with Crippen LogP contribution in [-0.2, 0) is 11.3 Å². The second-order valence-corrected chi connectivity index (χ2v) is 8.03. The SMILES string of the molecule is c1nc(NCC2CCCO2)ncc1CN1CCCN(C2CCCC2)CC1. The quantitative estimate of drug-likeness (QED) is 0.842. The molecule has 0 bridgehead atoms. The second kappa shape index (κ2) is 9.11. The molecule has 2 aliphatic heterocycles. The van der Waals surface area contributed by atoms with Gasteiger partial charge in [0.25, 0.3) is 0 Å². The lowest BCUT2D eigenvalue weighted by Gasteiger charge is -2.27. The van der Waals surface area contributed by atoms with Crippen molar-refractivity contribution in [2.45, 2.75) is 63.6 Å². The molecule has 1 N–H and O–H groups in total. The van der Waals surface area contributed by atoms with Gasteiger partial charge in [0.2, 0.25) is 5.95 Å². The summed E-state index contributed by atoms with van der Waals surface area (Å²) < 4.78 is 5.63. The Morgan fingerprint density at radius 3 is 2.58 bits per heavy atom. The number of ether oxygens (including phenoxy) is 1. The molecule has 0 spiro atoms. The van der Waals surface area contributed by atoms with Gasteiger partial charge in [0.1, 0.15) is 0 Å². The average Bonchev–Trinajstić information content (AvgIpc) is 3.34. The lowest BCUT2D eigenvalue weighted by molar-refractivity contribution is 0.120. The van der Waals surface area contributed by atoms with E-state index >= 15 is 0 Å². The molecule has 1 aromatic heterocycles. The van der Waals surface area contributed by atoms with E-state index in [1.807, 2.05) is 12.4 Å². The summed E-state index contributed by atoms with van der Waals surface area (Å²) in [5.74, 6) is 0.715. The summed E-state index contributed by atoms with van der Waals surface area (Å²) in [5.41, 5.74) is 1.21. The van der Waals surface area contributed by atoms with Crippen LogP contribution >= 0.6 is 0 Å². The number of aromatic nitrogens is 2. The van der Waals surface area contributed by atoms with Gasteiger partial charge >= 0.3 is 0 Å². The first-order valence-electron chi connectivity index (χ1n) is 10.5. The molecule has 6 heteroatoms. The molecule has 2 saturated heterocycles. The number of hydrogen-bond donors (Lipinski definition) is 1. The van der Waals surface area contributed by atoms with Crippen LogP contribution in [0.25, 0.3) is 0 Å². The summed E-state index contributed by atoms with van der Waals surface area (Å²) in [6.45, 7) is 7.49. The molecule has 0 aromatic carbocycles. The molecule has 6 nitrogen and oxygen atoms in total. The summed E-state index contributed by atoms with van der Waals surface area (Å²) in [5, 5.41) is 3.30. The molecular weight excluding hydrogens is 326 g/mol. The number of rotatable bonds is 6. The van der Waals surface area contributed by atoms with E-state index in [2.05, 4.69) is 25.1 Å². The zero-order valence-corrected chi connectivity index (χ0v) is 15.9. The van der Waals surface area contributed by atoms with E-state index in [0.717, 1.165) is 38.7 Å². The lowest BCUT2D eigenvalue weighted by Crippen LogP contribution is -2.36. The molecule has 0 amide bonds. The van der Waals surface area contributed by atoms with E-state index in [1.54, 1.807) is 0 Å². The molecule has 4 rings (SSSR count). The van der Waals surface area contributed by atoms with Crippen LogP contribution in [0.1, 0.15) is 50.5 Å². The molecule has 144 valence electrons. The highest BCUT2D eigenvalue weighted by atomic mass is 16.5. The molecule has 3 aliphatic rings. The van der Waals surface area contributed by atoms with Crippen molar-refractivity contribution in [3.63, 3.8) is 0 Å². The normalized spacial score (nSPS) is 26.2. The highest BCUT2D eigenvalue weighted by molar-refractivity contribution is 5.25. The Balaban J connectivity index is 1.23. The van der Waals surface area contributed by atoms with E-state index in [0.29, 0.717) is 12.1 Å². The van der Waals surface area contributed by atoms with Gasteiger partial charge in [-0.15, -0.1) is 0 Å². The first kappa shape index (κ1) is 18.1. The topological polar surface area (TPSA) is 53.5 Å². The second-order valence-electron chi connectivity index (χ2n) is 8.03. The zero-order valence-electron chi connectivity index (χ0n) is 15.9. The van der Waals surface area contributed by atoms with Crippen LogP contribution in [0.2, 0.25) is 0 Å². The maximum Gasteiger partial charge on any atom is 0.222 e. The van der Waals surface area contributed by atoms with Gasteiger partial charge in [-0.05, 0) is 45.2 Å². The minimum Gasteiger partial charge on any atom is -0.376 e. The first-order valence-corrected chi connectivity index (χ1v) is 10.5. The molecule has 26 heavy (non-hydrogen) atoms. The minimum absolute atomic E-state index is 0.318. The monoisotopic (exact) mass is 359 g/mol. The van der Waals surface area contributed by atoms with E-state index in [-0.39, 0.29) is 0 Å². The van der Waals surface area contributed by atoms with Gasteiger partial charge in [0.15, 0.2) is 0 Å². The third-order valence-electron chi connectivity index (χ3n) is 6.09. The van der Waals surface area contributed by atoms with Crippen molar-refractivity contribution in [3.05, 3.63) is 18.0 Å². The molecule has 3 fully saturated rings. The van der Waals surface area contributed by atoms with Gasteiger partial charge in [-0.2, -0.15) is 0 Å². The summed E-state index contributed by atoms with van der Waals surface area (Å²) in [6.07, 6.45) is 13.5. The molecule has 1 saturated carbocycles. The van der Waals surface area contributed by atoms with Crippen molar-refractivity contribution in [1.29, 1.82) is 0 Å². The van der Waals surface area contributed by atoms with Crippen molar-refractivity contribution < 1.29 is 4.74 Å². The van der Waals surface area contributed by atoms with Crippen molar-refractivity contribution in [2.24, 2.45) is 0 Å². The number of anilines is 1. The van der Waals surface area contributed by atoms with Crippen LogP contribution in [0.5, 0.6) is 0 Å². The van der Waals surface area contributed by atoms with Gasteiger partial charge in [0, 0.05) is 56.8 Å². The highest BCUT2D eigenvalue weighted by Crippen LogP contribution is 2.24. The molecule has 1 unspecified atom stereocenters. The first-order chi connectivity index (χ1) is 12.9. The lowest BCUT2D eigenvalue weighted by atomic mass is 10.2. The summed E-state index contributed by atoms with van der Waals surface area (Å²) in [4.78, 5) is 14.3. The third kappa shape index (κ3) is 4.93. The standard InChI is InChI=1S/C20H33N5O/c1-2-6-18(5-1)25-9-4-8-24(10-11-25)16-17-13-21-20(22-14-17)23-15-19-7-3-12-26-19/h13-14,18-19H,1-12,15-16H2,(H,21,22,23). The number of nitrogens with zero attached hydrogens (tertiary/aromatic N) is 4. The predicted octanol–water partition coefficient (Wildman–Crippen LogP) is 2.52. The number of hydrogen-bond acceptors (Lipinski definition) is 6. The van der Waals surface area contributed by atoms with Gasteiger partial charge in [-0.1, -0.05) is 12.8 Å². The third-order valence-corrected chi connectivity index (χ3v) is 6.09. The highest BCUT2D eigenvalue weighted by Gasteiger charge is 2.24. The molecule has 1 aromatic rings. The van der Waals surface area contributed by atoms with E-state index in [4.69, 9.17) is 4.74 Å². The summed E-state index contributed by atoms with van der Waals surface area (Å²) in [6, 6.07) is 0.854. The fourth-order valence-corrected chi connectivity index (χ4v) is 4.58. The Labute approximate surface area is 157 Å². The Hall–Kier alpha value is -1.24. The molecular formula is C20H33N5O. The van der Waals surface area contributed by atoms with Crippen LogP contribution in [0.4, 0.5) is 5.95 Å². The maximum atomic E-state index is 5.63. The van der Waals surface area contributed by atoms with E-state index in [1.165, 1.54) is 63.7 Å². The zero-order chi connectivity index (χ0) is 17.6. The maximum absolute atomic E-state index is 5.63.